The van der Waals surface area contributed by atoms with Crippen LogP contribution in [0.3, 0.4) is 0 Å². The molecule has 5 heteroatoms. The minimum atomic E-state index is -0.161. The molecule has 3 aromatic rings. The van der Waals surface area contributed by atoms with E-state index in [1.807, 2.05) is 0 Å². The molecule has 0 amide bonds. The fraction of sp³-hybridized carbons (Fsp3) is 0. The Morgan fingerprint density at radius 3 is 1.71 bits per heavy atom. The van der Waals surface area contributed by atoms with Gasteiger partial charge in [0.25, 0.3) is 0 Å². The Morgan fingerprint density at radius 1 is 0.765 bits per heavy atom. The van der Waals surface area contributed by atoms with E-state index < -0.39 is 0 Å². The highest BCUT2D eigenvalue weighted by Crippen LogP contribution is 2.33. The molecule has 2 aromatic carbocycles. The zero-order valence-electron chi connectivity index (χ0n) is 8.70. The van der Waals surface area contributed by atoms with Gasteiger partial charge >= 0.3 is 0 Å². The molecule has 17 heavy (non-hydrogen) atoms. The van der Waals surface area contributed by atoms with Crippen molar-refractivity contribution in [3.8, 4) is 11.8 Å². The van der Waals surface area contributed by atoms with Gasteiger partial charge in [0.05, 0.1) is 10.7 Å². The van der Waals surface area contributed by atoms with Gasteiger partial charge in [-0.1, -0.05) is 0 Å². The van der Waals surface area contributed by atoms with Crippen LogP contribution in [-0.2, 0) is 0 Å². The minimum absolute atomic E-state index is 0.161. The number of benzene rings is 2. The number of aromatic nitrogens is 1. The molecule has 0 bridgehead atoms. The second-order valence-corrected chi connectivity index (χ2v) is 3.89. The summed E-state index contributed by atoms with van der Waals surface area (Å²) in [4.78, 5) is 2.46. The monoisotopic (exact) mass is 227 g/mol. The van der Waals surface area contributed by atoms with Crippen molar-refractivity contribution in [3.63, 3.8) is 0 Å². The molecule has 0 aliphatic rings. The molecule has 0 saturated heterocycles. The van der Waals surface area contributed by atoms with Crippen LogP contribution in [0.25, 0.3) is 21.5 Å². The highest BCUT2D eigenvalue weighted by molar-refractivity contribution is 6.12. The van der Waals surface area contributed by atoms with E-state index in [0.29, 0.717) is 21.5 Å². The van der Waals surface area contributed by atoms with E-state index in [9.17, 15) is 10.2 Å². The molecular weight excluding hydrogens is 218 g/mol. The van der Waals surface area contributed by atoms with E-state index in [-0.39, 0.29) is 22.5 Å². The summed E-state index contributed by atoms with van der Waals surface area (Å²) in [5.74, 6) is -0.323. The Balaban J connectivity index is 2.85. The lowest BCUT2D eigenvalue weighted by molar-refractivity contribution is 0.422. The second kappa shape index (κ2) is 2.98. The van der Waals surface area contributed by atoms with E-state index in [2.05, 4.69) is 4.98 Å². The zero-order chi connectivity index (χ0) is 12.2. The maximum atomic E-state index is 9.73. The second-order valence-electron chi connectivity index (χ2n) is 3.89. The topological polar surface area (TPSA) is 104 Å². The lowest BCUT2D eigenvalue weighted by Gasteiger charge is -2.09. The molecule has 0 atom stereocenters. The third-order valence-electron chi connectivity index (χ3n) is 2.91. The minimum Gasteiger partial charge on any atom is -0.494 e. The van der Waals surface area contributed by atoms with Gasteiger partial charge in [-0.3, -0.25) is 4.98 Å². The number of H-pyrrole nitrogens is 1. The summed E-state index contributed by atoms with van der Waals surface area (Å²) in [7, 11) is 0. The SMILES string of the molecule is N=c1ccc2c(O)[nH]c(O)c3ccc(=N)c1c23. The van der Waals surface area contributed by atoms with Gasteiger partial charge in [0.15, 0.2) is 11.8 Å². The Labute approximate surface area is 95.0 Å². The first kappa shape index (κ1) is 9.65. The van der Waals surface area contributed by atoms with Crippen LogP contribution in [-0.4, -0.2) is 15.2 Å². The number of rotatable bonds is 0. The van der Waals surface area contributed by atoms with Crippen molar-refractivity contribution in [1.82, 2.24) is 4.98 Å². The standard InChI is InChI=1S/C12H9N3O2/c13-7-3-1-5-9-6(12(17)15-11(5)16)2-4-8(14)10(7)9/h1-4,13-17H. The van der Waals surface area contributed by atoms with Gasteiger partial charge in [-0.05, 0) is 24.3 Å². The van der Waals surface area contributed by atoms with Crippen molar-refractivity contribution in [3.05, 3.63) is 35.0 Å². The van der Waals surface area contributed by atoms with Crippen LogP contribution in [0.5, 0.6) is 11.8 Å². The fourth-order valence-corrected chi connectivity index (χ4v) is 2.14. The molecule has 84 valence electrons. The molecule has 0 spiro atoms. The molecule has 0 aliphatic heterocycles. The Kier molecular flexibility index (Phi) is 1.69. The predicted octanol–water partition coefficient (Wildman–Crippen LogP) is 1.13. The third kappa shape index (κ3) is 1.13. The van der Waals surface area contributed by atoms with E-state index in [1.54, 1.807) is 12.1 Å². The van der Waals surface area contributed by atoms with Crippen molar-refractivity contribution in [2.75, 3.05) is 0 Å². The first-order valence-corrected chi connectivity index (χ1v) is 5.02. The summed E-state index contributed by atoms with van der Waals surface area (Å²) >= 11 is 0. The van der Waals surface area contributed by atoms with Crippen molar-refractivity contribution in [2.45, 2.75) is 0 Å². The summed E-state index contributed by atoms with van der Waals surface area (Å²) in [5, 5.41) is 37.4. The maximum Gasteiger partial charge on any atom is 0.199 e. The summed E-state index contributed by atoms with van der Waals surface area (Å²) in [5.41, 5.74) is 0. The fourth-order valence-electron chi connectivity index (χ4n) is 2.14. The lowest BCUT2D eigenvalue weighted by atomic mass is 10.0. The number of hydrogen-bond acceptors (Lipinski definition) is 4. The molecule has 5 N–H and O–H groups in total. The Hall–Kier alpha value is -2.56. The molecular formula is C12H9N3O2. The Bertz CT molecular complexity index is 786. The molecule has 3 rings (SSSR count). The average Bonchev–Trinajstić information content (AvgIpc) is 2.28. The molecule has 0 radical (unpaired) electrons. The van der Waals surface area contributed by atoms with Gasteiger partial charge in [0.1, 0.15) is 0 Å². The van der Waals surface area contributed by atoms with Gasteiger partial charge < -0.3 is 21.0 Å². The van der Waals surface area contributed by atoms with Crippen molar-refractivity contribution in [2.24, 2.45) is 0 Å². The van der Waals surface area contributed by atoms with Gasteiger partial charge in [0, 0.05) is 21.5 Å². The van der Waals surface area contributed by atoms with Crippen LogP contribution < -0.4 is 10.7 Å². The highest BCUT2D eigenvalue weighted by Gasteiger charge is 2.12. The lowest BCUT2D eigenvalue weighted by Crippen LogP contribution is -2.12. The molecule has 1 heterocycles. The first-order chi connectivity index (χ1) is 8.09. The summed E-state index contributed by atoms with van der Waals surface area (Å²) in [6.45, 7) is 0. The van der Waals surface area contributed by atoms with Crippen molar-refractivity contribution in [1.29, 1.82) is 10.8 Å². The summed E-state index contributed by atoms with van der Waals surface area (Å²) in [6, 6.07) is 6.25. The van der Waals surface area contributed by atoms with Gasteiger partial charge in [-0.15, -0.1) is 0 Å². The van der Waals surface area contributed by atoms with E-state index in [4.69, 9.17) is 10.8 Å². The molecule has 1 aromatic heterocycles. The van der Waals surface area contributed by atoms with Crippen LogP contribution in [0, 0.1) is 10.8 Å². The molecule has 0 aliphatic carbocycles. The van der Waals surface area contributed by atoms with E-state index in [0.717, 1.165) is 0 Å². The summed E-state index contributed by atoms with van der Waals surface area (Å²) < 4.78 is 0. The molecule has 0 fully saturated rings. The number of aromatic hydroxyl groups is 2. The van der Waals surface area contributed by atoms with Crippen LogP contribution in [0.2, 0.25) is 0 Å². The zero-order valence-corrected chi connectivity index (χ0v) is 8.70. The number of pyridine rings is 1. The van der Waals surface area contributed by atoms with Crippen LogP contribution in [0.15, 0.2) is 24.3 Å². The number of aromatic amines is 1. The molecule has 0 saturated carbocycles. The predicted molar refractivity (Wildman–Crippen MR) is 62.0 cm³/mol. The average molecular weight is 227 g/mol. The van der Waals surface area contributed by atoms with Crippen LogP contribution in [0.4, 0.5) is 0 Å². The molecule has 5 nitrogen and oxygen atoms in total. The number of hydrogen-bond donors (Lipinski definition) is 5. The van der Waals surface area contributed by atoms with Crippen LogP contribution in [0.1, 0.15) is 0 Å². The van der Waals surface area contributed by atoms with E-state index in [1.165, 1.54) is 12.1 Å². The Morgan fingerprint density at radius 2 is 1.24 bits per heavy atom. The number of nitrogens with one attached hydrogen (secondary N) is 3. The van der Waals surface area contributed by atoms with Crippen molar-refractivity contribution >= 4 is 21.5 Å². The highest BCUT2D eigenvalue weighted by atomic mass is 16.3. The van der Waals surface area contributed by atoms with Gasteiger partial charge in [-0.2, -0.15) is 0 Å². The smallest absolute Gasteiger partial charge is 0.199 e. The third-order valence-corrected chi connectivity index (χ3v) is 2.91. The van der Waals surface area contributed by atoms with E-state index >= 15 is 0 Å². The maximum absolute atomic E-state index is 9.73. The van der Waals surface area contributed by atoms with Crippen LogP contribution >= 0.6 is 0 Å². The largest absolute Gasteiger partial charge is 0.494 e. The van der Waals surface area contributed by atoms with Gasteiger partial charge in [0.2, 0.25) is 0 Å². The van der Waals surface area contributed by atoms with Gasteiger partial charge in [-0.25, -0.2) is 0 Å². The first-order valence-electron chi connectivity index (χ1n) is 5.02. The quantitative estimate of drug-likeness (QED) is 0.397. The molecule has 0 unspecified atom stereocenters. The normalized spacial score (nSPS) is 11.3. The van der Waals surface area contributed by atoms with Crippen molar-refractivity contribution < 1.29 is 10.2 Å². The summed E-state index contributed by atoms with van der Waals surface area (Å²) in [6.07, 6.45) is 0.